The minimum absolute atomic E-state index is 0. The van der Waals surface area contributed by atoms with E-state index in [9.17, 15) is 4.79 Å². The molecule has 7 nitrogen and oxygen atoms in total. The molecule has 3 rings (SSSR count). The highest BCUT2D eigenvalue weighted by Crippen LogP contribution is 2.24. The molecule has 0 saturated heterocycles. The van der Waals surface area contributed by atoms with Crippen LogP contribution in [0.25, 0.3) is 22.0 Å². The normalized spacial score (nSPS) is 10.3. The maximum absolute atomic E-state index is 12.1. The highest BCUT2D eigenvalue weighted by molar-refractivity contribution is 5.86. The van der Waals surface area contributed by atoms with Gasteiger partial charge in [0, 0.05) is 23.7 Å². The second-order valence-electron chi connectivity index (χ2n) is 6.45. The van der Waals surface area contributed by atoms with Gasteiger partial charge in [0.2, 0.25) is 0 Å². The summed E-state index contributed by atoms with van der Waals surface area (Å²) in [7, 11) is 0. The number of carbonyl (C=O) groups is 1. The number of halogens is 4. The van der Waals surface area contributed by atoms with Crippen molar-refractivity contribution in [2.45, 2.75) is 18.9 Å². The second-order valence-corrected chi connectivity index (χ2v) is 6.45. The van der Waals surface area contributed by atoms with Crippen LogP contribution in [0.4, 0.5) is 0 Å². The van der Waals surface area contributed by atoms with Crippen molar-refractivity contribution in [3.05, 3.63) is 60.8 Å². The van der Waals surface area contributed by atoms with Crippen LogP contribution in [-0.2, 0) is 4.79 Å². The Bertz CT molecular complexity index is 989. The fourth-order valence-corrected chi connectivity index (χ4v) is 2.79. The maximum Gasteiger partial charge on any atom is 0.328 e. The Balaban J connectivity index is 0. The quantitative estimate of drug-likeness (QED) is 0.122. The maximum atomic E-state index is 12.1. The monoisotopic (exact) mass is 521 g/mol. The molecule has 0 aliphatic heterocycles. The summed E-state index contributed by atoms with van der Waals surface area (Å²) in [5.74, 6) is -0.150. The van der Waals surface area contributed by atoms with Crippen molar-refractivity contribution >= 4 is 72.3 Å². The highest BCUT2D eigenvalue weighted by Gasteiger charge is 2.15. The molecular weight excluding hydrogens is 496 g/mol. The van der Waals surface area contributed by atoms with E-state index in [2.05, 4.69) is 10.3 Å². The SMILES string of the molecule is Cl.Cl.Cl.Cl.N=C(N)NCCCC(N)C(=O)Oc1ccc(-c2cc3ccccc3cn2)cc1. The number of ether oxygens (including phenoxy) is 1. The van der Waals surface area contributed by atoms with Crippen LogP contribution in [0.5, 0.6) is 5.75 Å². The number of benzene rings is 2. The Morgan fingerprint density at radius 1 is 1.03 bits per heavy atom. The molecule has 0 saturated carbocycles. The summed E-state index contributed by atoms with van der Waals surface area (Å²) in [6.45, 7) is 0.490. The number of nitrogens with one attached hydrogen (secondary N) is 2. The molecule has 3 aromatic rings. The van der Waals surface area contributed by atoms with Crippen molar-refractivity contribution in [3.8, 4) is 17.0 Å². The summed E-state index contributed by atoms with van der Waals surface area (Å²) in [5.41, 5.74) is 12.8. The van der Waals surface area contributed by atoms with Crippen LogP contribution in [0.2, 0.25) is 0 Å². The zero-order valence-corrected chi connectivity index (χ0v) is 20.3. The first kappa shape index (κ1) is 31.9. The third-order valence-corrected chi connectivity index (χ3v) is 4.31. The molecule has 11 heteroatoms. The van der Waals surface area contributed by atoms with Gasteiger partial charge in [-0.1, -0.05) is 24.3 Å². The Morgan fingerprint density at radius 3 is 2.28 bits per heavy atom. The van der Waals surface area contributed by atoms with E-state index < -0.39 is 12.0 Å². The van der Waals surface area contributed by atoms with E-state index in [4.69, 9.17) is 21.6 Å². The molecule has 0 aliphatic carbocycles. The summed E-state index contributed by atoms with van der Waals surface area (Å²) >= 11 is 0. The van der Waals surface area contributed by atoms with Crippen LogP contribution < -0.4 is 21.5 Å². The number of carbonyl (C=O) groups excluding carboxylic acids is 1. The Hall–Kier alpha value is -2.29. The van der Waals surface area contributed by atoms with Crippen LogP contribution in [-0.4, -0.2) is 29.5 Å². The van der Waals surface area contributed by atoms with Gasteiger partial charge in [0.1, 0.15) is 11.8 Å². The van der Waals surface area contributed by atoms with Crippen molar-refractivity contribution < 1.29 is 9.53 Å². The number of aromatic nitrogens is 1. The molecule has 2 aromatic carbocycles. The third kappa shape index (κ3) is 9.06. The zero-order chi connectivity index (χ0) is 19.9. The van der Waals surface area contributed by atoms with Gasteiger partial charge in [-0.05, 0) is 48.6 Å². The first-order valence-corrected chi connectivity index (χ1v) is 9.03. The van der Waals surface area contributed by atoms with Crippen molar-refractivity contribution in [1.29, 1.82) is 5.41 Å². The minimum atomic E-state index is -0.726. The average Bonchev–Trinajstić information content (AvgIpc) is 2.71. The summed E-state index contributed by atoms with van der Waals surface area (Å²) < 4.78 is 5.34. The number of rotatable bonds is 7. The van der Waals surface area contributed by atoms with Crippen LogP contribution in [0, 0.1) is 5.41 Å². The molecule has 6 N–H and O–H groups in total. The summed E-state index contributed by atoms with van der Waals surface area (Å²) in [6, 6.07) is 16.5. The number of guanidine groups is 1. The number of hydrogen-bond acceptors (Lipinski definition) is 5. The van der Waals surface area contributed by atoms with Gasteiger partial charge in [-0.3, -0.25) is 10.4 Å². The molecule has 1 heterocycles. The van der Waals surface area contributed by atoms with Crippen LogP contribution in [0.1, 0.15) is 12.8 Å². The molecule has 0 bridgehead atoms. The molecule has 176 valence electrons. The molecule has 1 unspecified atom stereocenters. The molecular formula is C21H27Cl4N5O2. The van der Waals surface area contributed by atoms with Gasteiger partial charge in [0.25, 0.3) is 0 Å². The van der Waals surface area contributed by atoms with E-state index in [1.54, 1.807) is 12.1 Å². The van der Waals surface area contributed by atoms with Gasteiger partial charge in [0.05, 0.1) is 5.69 Å². The Labute approximate surface area is 211 Å². The number of esters is 1. The molecule has 32 heavy (non-hydrogen) atoms. The third-order valence-electron chi connectivity index (χ3n) is 4.31. The molecule has 0 radical (unpaired) electrons. The van der Waals surface area contributed by atoms with Crippen LogP contribution in [0.15, 0.2) is 60.8 Å². The van der Waals surface area contributed by atoms with E-state index in [1.165, 1.54) is 0 Å². The second kappa shape index (κ2) is 15.5. The number of fused-ring (bicyclic) bond motifs is 1. The van der Waals surface area contributed by atoms with Gasteiger partial charge < -0.3 is 21.5 Å². The molecule has 1 aromatic heterocycles. The average molecular weight is 523 g/mol. The molecule has 0 aliphatic rings. The predicted molar refractivity (Wildman–Crippen MR) is 139 cm³/mol. The van der Waals surface area contributed by atoms with E-state index in [1.807, 2.05) is 48.7 Å². The Kier molecular flexibility index (Phi) is 15.5. The summed E-state index contributed by atoms with van der Waals surface area (Å²) in [6.07, 6.45) is 2.90. The van der Waals surface area contributed by atoms with E-state index >= 15 is 0 Å². The van der Waals surface area contributed by atoms with Crippen LogP contribution >= 0.6 is 49.6 Å². The molecule has 0 fully saturated rings. The summed E-state index contributed by atoms with van der Waals surface area (Å²) in [4.78, 5) is 16.6. The Morgan fingerprint density at radius 2 is 1.66 bits per heavy atom. The lowest BCUT2D eigenvalue weighted by molar-refractivity contribution is -0.136. The molecule has 1 atom stereocenters. The first-order valence-electron chi connectivity index (χ1n) is 9.03. The van der Waals surface area contributed by atoms with Gasteiger partial charge in [0.15, 0.2) is 5.96 Å². The zero-order valence-electron chi connectivity index (χ0n) is 17.0. The molecule has 0 amide bonds. The van der Waals surface area contributed by atoms with E-state index in [-0.39, 0.29) is 55.6 Å². The van der Waals surface area contributed by atoms with E-state index in [0.717, 1.165) is 22.0 Å². The number of pyridine rings is 1. The fraction of sp³-hybridized carbons (Fsp3) is 0.190. The molecule has 0 spiro atoms. The summed E-state index contributed by atoms with van der Waals surface area (Å²) in [5, 5.41) is 11.9. The standard InChI is InChI=1S/C21H23N5O2.4ClH/c22-18(6-3-11-25-21(23)24)20(27)28-17-9-7-14(8-10-17)19-12-15-4-1-2-5-16(15)13-26-19;;;;/h1-2,4-5,7-10,12-13,18H,3,6,11,22H2,(H4,23,24,25);4*1H. The van der Waals surface area contributed by atoms with Crippen molar-refractivity contribution in [2.24, 2.45) is 11.5 Å². The lowest BCUT2D eigenvalue weighted by Crippen LogP contribution is -2.36. The van der Waals surface area contributed by atoms with Crippen molar-refractivity contribution in [2.75, 3.05) is 6.54 Å². The lowest BCUT2D eigenvalue weighted by Gasteiger charge is -2.12. The first-order chi connectivity index (χ1) is 13.5. The number of nitrogens with zero attached hydrogens (tertiary/aromatic N) is 1. The fourth-order valence-electron chi connectivity index (χ4n) is 2.79. The lowest BCUT2D eigenvalue weighted by atomic mass is 10.1. The van der Waals surface area contributed by atoms with Gasteiger partial charge in [-0.25, -0.2) is 4.79 Å². The van der Waals surface area contributed by atoms with Gasteiger partial charge in [-0.15, -0.1) is 49.6 Å². The van der Waals surface area contributed by atoms with Crippen molar-refractivity contribution in [1.82, 2.24) is 10.3 Å². The largest absolute Gasteiger partial charge is 0.425 e. The smallest absolute Gasteiger partial charge is 0.328 e. The minimum Gasteiger partial charge on any atom is -0.425 e. The number of nitrogens with two attached hydrogens (primary N) is 2. The van der Waals surface area contributed by atoms with Gasteiger partial charge in [-0.2, -0.15) is 0 Å². The van der Waals surface area contributed by atoms with E-state index in [0.29, 0.717) is 25.1 Å². The highest BCUT2D eigenvalue weighted by atomic mass is 35.5. The van der Waals surface area contributed by atoms with Crippen LogP contribution in [0.3, 0.4) is 0 Å². The topological polar surface area (TPSA) is 127 Å². The predicted octanol–water partition coefficient (Wildman–Crippen LogP) is 4.08. The van der Waals surface area contributed by atoms with Gasteiger partial charge >= 0.3 is 5.97 Å². The number of hydrogen-bond donors (Lipinski definition) is 4. The van der Waals surface area contributed by atoms with Crippen molar-refractivity contribution in [3.63, 3.8) is 0 Å².